The summed E-state index contributed by atoms with van der Waals surface area (Å²) >= 11 is 0. The van der Waals surface area contributed by atoms with E-state index in [-0.39, 0.29) is 11.5 Å². The highest BCUT2D eigenvalue weighted by Gasteiger charge is 2.31. The van der Waals surface area contributed by atoms with E-state index in [4.69, 9.17) is 4.74 Å². The van der Waals surface area contributed by atoms with Gasteiger partial charge in [0, 0.05) is 6.20 Å². The van der Waals surface area contributed by atoms with Crippen LogP contribution in [0.1, 0.15) is 52.3 Å². The summed E-state index contributed by atoms with van der Waals surface area (Å²) in [5, 5.41) is 3.61. The van der Waals surface area contributed by atoms with Gasteiger partial charge in [0.25, 0.3) is 0 Å². The Morgan fingerprint density at radius 3 is 2.67 bits per heavy atom. The Morgan fingerprint density at radius 2 is 2.11 bits per heavy atom. The van der Waals surface area contributed by atoms with Crippen LogP contribution in [0.5, 0.6) is 5.75 Å². The molecule has 0 amide bonds. The van der Waals surface area contributed by atoms with E-state index in [2.05, 4.69) is 38.0 Å². The number of nitrogens with one attached hydrogen (secondary N) is 1. The Hall–Kier alpha value is -1.09. The lowest BCUT2D eigenvalue weighted by molar-refractivity contribution is 0.224. The number of methoxy groups -OCH3 is 1. The van der Waals surface area contributed by atoms with Gasteiger partial charge in [-0.05, 0) is 36.9 Å². The smallest absolute Gasteiger partial charge is 0.142 e. The third-order valence-corrected chi connectivity index (χ3v) is 3.58. The fourth-order valence-electron chi connectivity index (χ4n) is 2.03. The van der Waals surface area contributed by atoms with Crippen molar-refractivity contribution in [3.63, 3.8) is 0 Å². The molecule has 3 heteroatoms. The molecule has 1 unspecified atom stereocenters. The van der Waals surface area contributed by atoms with Crippen LogP contribution >= 0.6 is 0 Å². The van der Waals surface area contributed by atoms with Crippen LogP contribution in [-0.4, -0.2) is 18.6 Å². The van der Waals surface area contributed by atoms with Gasteiger partial charge in [-0.25, -0.2) is 0 Å². The SMILES string of the molecule is CCCNC(c1ncccc1OC)C(C)(C)CC. The van der Waals surface area contributed by atoms with E-state index < -0.39 is 0 Å². The Kier molecular flexibility index (Phi) is 5.60. The van der Waals surface area contributed by atoms with Gasteiger partial charge in [-0.15, -0.1) is 0 Å². The Bertz CT molecular complexity index is 363. The molecule has 0 saturated heterocycles. The van der Waals surface area contributed by atoms with E-state index >= 15 is 0 Å². The first-order chi connectivity index (χ1) is 8.56. The molecule has 0 aliphatic carbocycles. The standard InChI is InChI=1S/C15H26N2O/c1-6-10-17-14(15(3,4)7-2)13-12(18-5)9-8-11-16-13/h8-9,11,14,17H,6-7,10H2,1-5H3. The van der Waals surface area contributed by atoms with E-state index in [0.29, 0.717) is 0 Å². The Labute approximate surface area is 111 Å². The second kappa shape index (κ2) is 6.74. The van der Waals surface area contributed by atoms with Crippen molar-refractivity contribution >= 4 is 0 Å². The maximum absolute atomic E-state index is 5.44. The van der Waals surface area contributed by atoms with E-state index in [1.54, 1.807) is 7.11 Å². The Morgan fingerprint density at radius 1 is 1.39 bits per heavy atom. The summed E-state index contributed by atoms with van der Waals surface area (Å²) in [5.41, 5.74) is 1.16. The van der Waals surface area contributed by atoms with Crippen LogP contribution in [0.2, 0.25) is 0 Å². The molecule has 0 radical (unpaired) electrons. The van der Waals surface area contributed by atoms with Crippen molar-refractivity contribution in [2.75, 3.05) is 13.7 Å². The van der Waals surface area contributed by atoms with Gasteiger partial charge in [0.05, 0.1) is 18.8 Å². The monoisotopic (exact) mass is 250 g/mol. The molecule has 0 bridgehead atoms. The summed E-state index contributed by atoms with van der Waals surface area (Å²) in [6, 6.07) is 4.12. The van der Waals surface area contributed by atoms with Gasteiger partial charge in [0.2, 0.25) is 0 Å². The third kappa shape index (κ3) is 3.45. The van der Waals surface area contributed by atoms with Crippen molar-refractivity contribution in [1.82, 2.24) is 10.3 Å². The molecule has 1 rings (SSSR count). The van der Waals surface area contributed by atoms with E-state index in [9.17, 15) is 0 Å². The van der Waals surface area contributed by atoms with Crippen molar-refractivity contribution in [2.45, 2.75) is 46.6 Å². The molecule has 1 atom stereocenters. The van der Waals surface area contributed by atoms with Crippen LogP contribution in [0.4, 0.5) is 0 Å². The summed E-state index contributed by atoms with van der Waals surface area (Å²) in [7, 11) is 1.70. The van der Waals surface area contributed by atoms with Gasteiger partial charge in [0.15, 0.2) is 0 Å². The maximum Gasteiger partial charge on any atom is 0.142 e. The summed E-state index contributed by atoms with van der Waals surface area (Å²) in [5.74, 6) is 0.868. The minimum Gasteiger partial charge on any atom is -0.495 e. The van der Waals surface area contributed by atoms with Gasteiger partial charge >= 0.3 is 0 Å². The Balaban J connectivity index is 3.08. The van der Waals surface area contributed by atoms with E-state index in [1.165, 1.54) is 0 Å². The van der Waals surface area contributed by atoms with Crippen LogP contribution < -0.4 is 10.1 Å². The number of nitrogens with zero attached hydrogens (tertiary/aromatic N) is 1. The predicted molar refractivity (Wildman–Crippen MR) is 75.9 cm³/mol. The van der Waals surface area contributed by atoms with Crippen LogP contribution in [0, 0.1) is 5.41 Å². The molecule has 1 aromatic heterocycles. The number of aromatic nitrogens is 1. The zero-order valence-corrected chi connectivity index (χ0v) is 12.3. The van der Waals surface area contributed by atoms with Gasteiger partial charge in [-0.3, -0.25) is 4.98 Å². The molecular formula is C15H26N2O. The zero-order chi connectivity index (χ0) is 13.6. The lowest BCUT2D eigenvalue weighted by Crippen LogP contribution is -2.35. The molecule has 0 aliphatic heterocycles. The maximum atomic E-state index is 5.44. The van der Waals surface area contributed by atoms with Crippen LogP contribution in [0.15, 0.2) is 18.3 Å². The van der Waals surface area contributed by atoms with Crippen molar-refractivity contribution in [2.24, 2.45) is 5.41 Å². The van der Waals surface area contributed by atoms with Gasteiger partial charge in [0.1, 0.15) is 5.75 Å². The lowest BCUT2D eigenvalue weighted by Gasteiger charge is -2.34. The summed E-state index contributed by atoms with van der Waals surface area (Å²) < 4.78 is 5.44. The molecule has 1 N–H and O–H groups in total. The van der Waals surface area contributed by atoms with Crippen molar-refractivity contribution in [3.05, 3.63) is 24.0 Å². The lowest BCUT2D eigenvalue weighted by atomic mass is 9.79. The average molecular weight is 250 g/mol. The fourth-order valence-corrected chi connectivity index (χ4v) is 2.03. The molecule has 0 saturated carbocycles. The molecule has 0 aromatic carbocycles. The minimum atomic E-state index is 0.150. The highest BCUT2D eigenvalue weighted by molar-refractivity contribution is 5.30. The van der Waals surface area contributed by atoms with Crippen molar-refractivity contribution in [3.8, 4) is 5.75 Å². The van der Waals surface area contributed by atoms with Crippen molar-refractivity contribution in [1.29, 1.82) is 0 Å². The summed E-state index contributed by atoms with van der Waals surface area (Å²) in [6.07, 6.45) is 4.05. The quantitative estimate of drug-likeness (QED) is 0.803. The first kappa shape index (κ1) is 15.0. The number of hydrogen-bond acceptors (Lipinski definition) is 3. The van der Waals surface area contributed by atoms with E-state index in [1.807, 2.05) is 18.3 Å². The molecule has 1 heterocycles. The molecule has 18 heavy (non-hydrogen) atoms. The highest BCUT2D eigenvalue weighted by Crippen LogP contribution is 2.38. The topological polar surface area (TPSA) is 34.2 Å². The molecule has 0 aliphatic rings. The second-order valence-electron chi connectivity index (χ2n) is 5.32. The normalized spacial score (nSPS) is 13.4. The van der Waals surface area contributed by atoms with Crippen LogP contribution in [0.3, 0.4) is 0 Å². The first-order valence-electron chi connectivity index (χ1n) is 6.79. The highest BCUT2D eigenvalue weighted by atomic mass is 16.5. The van der Waals surface area contributed by atoms with E-state index in [0.717, 1.165) is 30.8 Å². The predicted octanol–water partition coefficient (Wildman–Crippen LogP) is 3.57. The summed E-state index contributed by atoms with van der Waals surface area (Å²) in [4.78, 5) is 4.53. The molecule has 3 nitrogen and oxygen atoms in total. The molecule has 102 valence electrons. The molecule has 0 spiro atoms. The van der Waals surface area contributed by atoms with Crippen LogP contribution in [0.25, 0.3) is 0 Å². The number of pyridine rings is 1. The minimum absolute atomic E-state index is 0.150. The van der Waals surface area contributed by atoms with Gasteiger partial charge in [-0.2, -0.15) is 0 Å². The number of ether oxygens (including phenoxy) is 1. The second-order valence-corrected chi connectivity index (χ2v) is 5.32. The fraction of sp³-hybridized carbons (Fsp3) is 0.667. The third-order valence-electron chi connectivity index (χ3n) is 3.58. The van der Waals surface area contributed by atoms with Crippen molar-refractivity contribution < 1.29 is 4.74 Å². The van der Waals surface area contributed by atoms with Crippen LogP contribution in [-0.2, 0) is 0 Å². The molecule has 0 fully saturated rings. The van der Waals surface area contributed by atoms with Gasteiger partial charge in [-0.1, -0.05) is 27.7 Å². The average Bonchev–Trinajstić information content (AvgIpc) is 2.39. The van der Waals surface area contributed by atoms with Gasteiger partial charge < -0.3 is 10.1 Å². The molecule has 1 aromatic rings. The first-order valence-corrected chi connectivity index (χ1v) is 6.79. The summed E-state index contributed by atoms with van der Waals surface area (Å²) in [6.45, 7) is 9.94. The largest absolute Gasteiger partial charge is 0.495 e. The number of rotatable bonds is 7. The zero-order valence-electron chi connectivity index (χ0n) is 12.3. The number of hydrogen-bond donors (Lipinski definition) is 1. The molecular weight excluding hydrogens is 224 g/mol.